The van der Waals surface area contributed by atoms with Crippen LogP contribution in [0.25, 0.3) is 0 Å². The number of piperidine rings is 2. The molecule has 164 valence electrons. The van der Waals surface area contributed by atoms with Gasteiger partial charge in [-0.15, -0.1) is 0 Å². The summed E-state index contributed by atoms with van der Waals surface area (Å²) in [6, 6.07) is 5.38. The maximum absolute atomic E-state index is 13.0. The second kappa shape index (κ2) is 8.97. The smallest absolute Gasteiger partial charge is 0.320 e. The van der Waals surface area contributed by atoms with Crippen molar-refractivity contribution in [2.75, 3.05) is 32.8 Å². The van der Waals surface area contributed by atoms with Crippen molar-refractivity contribution in [2.45, 2.75) is 38.1 Å². The number of esters is 1. The highest BCUT2D eigenvalue weighted by Crippen LogP contribution is 2.28. The number of rotatable bonds is 6. The first-order valence-electron chi connectivity index (χ1n) is 10.7. The molecule has 1 unspecified atom stereocenters. The molecule has 0 spiro atoms. The molecule has 0 saturated carbocycles. The van der Waals surface area contributed by atoms with Crippen molar-refractivity contribution in [2.24, 2.45) is 0 Å². The van der Waals surface area contributed by atoms with Crippen LogP contribution in [0.3, 0.4) is 0 Å². The highest BCUT2D eigenvalue weighted by Gasteiger charge is 2.46. The molecule has 0 radical (unpaired) electrons. The summed E-state index contributed by atoms with van der Waals surface area (Å²) in [7, 11) is 0. The van der Waals surface area contributed by atoms with E-state index in [1.165, 1.54) is 6.42 Å². The average molecular weight is 427 g/mol. The summed E-state index contributed by atoms with van der Waals surface area (Å²) >= 11 is 0. The minimum atomic E-state index is -1.03. The van der Waals surface area contributed by atoms with Crippen molar-refractivity contribution >= 4 is 29.6 Å². The number of fused-ring (bicyclic) bond motifs is 1. The van der Waals surface area contributed by atoms with E-state index in [9.17, 15) is 24.0 Å². The molecule has 9 nitrogen and oxygen atoms in total. The van der Waals surface area contributed by atoms with Gasteiger partial charge in [-0.05, 0) is 44.5 Å². The van der Waals surface area contributed by atoms with E-state index in [4.69, 9.17) is 4.74 Å². The van der Waals surface area contributed by atoms with Crippen molar-refractivity contribution < 1.29 is 28.7 Å². The van der Waals surface area contributed by atoms with Crippen molar-refractivity contribution in [3.8, 4) is 0 Å². The monoisotopic (exact) mass is 427 g/mol. The molecule has 3 heterocycles. The van der Waals surface area contributed by atoms with Crippen molar-refractivity contribution in [3.63, 3.8) is 0 Å². The average Bonchev–Trinajstić information content (AvgIpc) is 3.02. The Bertz CT molecular complexity index is 889. The summed E-state index contributed by atoms with van der Waals surface area (Å²) in [6.45, 7) is 1.71. The second-order valence-electron chi connectivity index (χ2n) is 8.02. The van der Waals surface area contributed by atoms with Gasteiger partial charge < -0.3 is 4.74 Å². The summed E-state index contributed by atoms with van der Waals surface area (Å²) in [5.41, 5.74) is 0.519. The van der Waals surface area contributed by atoms with Crippen LogP contribution in [0, 0.1) is 0 Å². The fraction of sp³-hybridized carbons (Fsp3) is 0.500. The second-order valence-corrected chi connectivity index (χ2v) is 8.02. The van der Waals surface area contributed by atoms with Crippen molar-refractivity contribution in [1.82, 2.24) is 14.7 Å². The number of likely N-dealkylation sites (tertiary alicyclic amines) is 2. The molecule has 0 N–H and O–H groups in total. The predicted octanol–water partition coefficient (Wildman–Crippen LogP) is 0.829. The minimum absolute atomic E-state index is 0.0333. The molecule has 2 fully saturated rings. The summed E-state index contributed by atoms with van der Waals surface area (Å²) in [4.78, 5) is 66.7. The Balaban J connectivity index is 1.35. The number of ether oxygens (including phenoxy) is 1. The summed E-state index contributed by atoms with van der Waals surface area (Å²) in [5.74, 6) is -2.46. The number of nitrogens with zero attached hydrogens (tertiary/aromatic N) is 3. The summed E-state index contributed by atoms with van der Waals surface area (Å²) < 4.78 is 5.22. The van der Waals surface area contributed by atoms with Gasteiger partial charge in [0.1, 0.15) is 12.6 Å². The molecule has 0 aliphatic carbocycles. The zero-order chi connectivity index (χ0) is 22.0. The Labute approximate surface area is 179 Å². The van der Waals surface area contributed by atoms with Crippen LogP contribution in [0.15, 0.2) is 24.3 Å². The van der Waals surface area contributed by atoms with Crippen molar-refractivity contribution in [1.29, 1.82) is 0 Å². The highest BCUT2D eigenvalue weighted by atomic mass is 16.5. The van der Waals surface area contributed by atoms with Crippen molar-refractivity contribution in [3.05, 3.63) is 35.4 Å². The van der Waals surface area contributed by atoms with Gasteiger partial charge in [-0.3, -0.25) is 38.7 Å². The van der Waals surface area contributed by atoms with E-state index in [2.05, 4.69) is 0 Å². The van der Waals surface area contributed by atoms with Gasteiger partial charge in [0.05, 0.1) is 24.2 Å². The van der Waals surface area contributed by atoms with E-state index < -0.39 is 35.6 Å². The maximum Gasteiger partial charge on any atom is 0.320 e. The fourth-order valence-electron chi connectivity index (χ4n) is 4.38. The Morgan fingerprint density at radius 2 is 1.61 bits per heavy atom. The lowest BCUT2D eigenvalue weighted by Crippen LogP contribution is -2.56. The van der Waals surface area contributed by atoms with Crippen LogP contribution in [0.1, 0.15) is 52.8 Å². The molecule has 4 rings (SSSR count). The van der Waals surface area contributed by atoms with Gasteiger partial charge >= 0.3 is 5.97 Å². The van der Waals surface area contributed by atoms with Gasteiger partial charge in [0, 0.05) is 6.42 Å². The number of carbonyl (C=O) groups is 5. The molecule has 3 aliphatic rings. The molecule has 0 aromatic heterocycles. The fourth-order valence-corrected chi connectivity index (χ4v) is 4.38. The molecule has 3 aliphatic heterocycles. The number of hydrogen-bond acceptors (Lipinski definition) is 7. The van der Waals surface area contributed by atoms with Gasteiger partial charge in [0.25, 0.3) is 17.7 Å². The lowest BCUT2D eigenvalue weighted by Gasteiger charge is -2.34. The van der Waals surface area contributed by atoms with Gasteiger partial charge in [-0.1, -0.05) is 18.6 Å². The third kappa shape index (κ3) is 4.23. The van der Waals surface area contributed by atoms with Gasteiger partial charge in [-0.25, -0.2) is 0 Å². The van der Waals surface area contributed by atoms with Gasteiger partial charge in [-0.2, -0.15) is 0 Å². The molecular formula is C22H25N3O6. The molecular weight excluding hydrogens is 402 g/mol. The Hall–Kier alpha value is -3.07. The van der Waals surface area contributed by atoms with Crippen LogP contribution in [0.5, 0.6) is 0 Å². The van der Waals surface area contributed by atoms with Gasteiger partial charge in [0.15, 0.2) is 0 Å². The first-order chi connectivity index (χ1) is 15.0. The Kier molecular flexibility index (Phi) is 6.13. The summed E-state index contributed by atoms with van der Waals surface area (Å²) in [6.07, 6.45) is 3.41. The first kappa shape index (κ1) is 21.2. The van der Waals surface area contributed by atoms with E-state index in [0.717, 1.165) is 35.7 Å². The van der Waals surface area contributed by atoms with Crippen LogP contribution in [-0.2, 0) is 19.1 Å². The highest BCUT2D eigenvalue weighted by molar-refractivity contribution is 6.23. The van der Waals surface area contributed by atoms with E-state index in [1.54, 1.807) is 24.3 Å². The first-order valence-corrected chi connectivity index (χ1v) is 10.7. The number of amides is 4. The molecule has 4 amide bonds. The topological polar surface area (TPSA) is 104 Å². The SMILES string of the molecule is O=C(CN1CCCCC1)OCCN1C(=O)CCC(N2C(=O)c3ccccc3C2=O)C1=O. The largest absolute Gasteiger partial charge is 0.463 e. The Morgan fingerprint density at radius 1 is 0.968 bits per heavy atom. The van der Waals surface area contributed by atoms with Crippen LogP contribution < -0.4 is 0 Å². The maximum atomic E-state index is 13.0. The third-order valence-electron chi connectivity index (χ3n) is 6.00. The van der Waals surface area contributed by atoms with E-state index in [-0.39, 0.29) is 43.7 Å². The molecule has 1 aromatic carbocycles. The molecule has 31 heavy (non-hydrogen) atoms. The van der Waals surface area contributed by atoms with Crippen LogP contribution >= 0.6 is 0 Å². The minimum Gasteiger partial charge on any atom is -0.463 e. The zero-order valence-electron chi connectivity index (χ0n) is 17.2. The standard InChI is InChI=1S/C22H25N3O6/c26-18-9-8-17(25-20(28)15-6-2-3-7-16(15)21(25)29)22(30)24(18)12-13-31-19(27)14-23-10-4-1-5-11-23/h2-3,6-7,17H,1,4-5,8-14H2. The predicted molar refractivity (Wildman–Crippen MR) is 108 cm³/mol. The number of imide groups is 2. The quantitative estimate of drug-likeness (QED) is 0.489. The number of benzene rings is 1. The van der Waals surface area contributed by atoms with E-state index in [1.807, 2.05) is 4.90 Å². The number of hydrogen-bond donors (Lipinski definition) is 0. The van der Waals surface area contributed by atoms with E-state index in [0.29, 0.717) is 0 Å². The van der Waals surface area contributed by atoms with E-state index >= 15 is 0 Å². The lowest BCUT2D eigenvalue weighted by atomic mass is 10.0. The Morgan fingerprint density at radius 3 is 2.26 bits per heavy atom. The molecule has 9 heteroatoms. The third-order valence-corrected chi connectivity index (χ3v) is 6.00. The normalized spacial score (nSPS) is 22.1. The van der Waals surface area contributed by atoms with Crippen LogP contribution in [0.2, 0.25) is 0 Å². The van der Waals surface area contributed by atoms with Gasteiger partial charge in [0.2, 0.25) is 5.91 Å². The van der Waals surface area contributed by atoms with Crippen LogP contribution in [-0.4, -0.2) is 83.1 Å². The molecule has 2 saturated heterocycles. The molecule has 1 aromatic rings. The zero-order valence-corrected chi connectivity index (χ0v) is 17.2. The lowest BCUT2D eigenvalue weighted by molar-refractivity contribution is -0.156. The molecule has 1 atom stereocenters. The summed E-state index contributed by atoms with van der Waals surface area (Å²) in [5, 5.41) is 0. The van der Waals surface area contributed by atoms with Crippen LogP contribution in [0.4, 0.5) is 0 Å². The molecule has 0 bridgehead atoms. The number of carbonyl (C=O) groups excluding carboxylic acids is 5.